The van der Waals surface area contributed by atoms with Crippen LogP contribution in [0.3, 0.4) is 0 Å². The van der Waals surface area contributed by atoms with Gasteiger partial charge in [-0.2, -0.15) is 0 Å². The van der Waals surface area contributed by atoms with Crippen molar-refractivity contribution < 1.29 is 17.6 Å². The monoisotopic (exact) mass is 260 g/mol. The minimum Gasteiger partial charge on any atom is -0.355 e. The summed E-state index contributed by atoms with van der Waals surface area (Å²) in [5.74, 6) is -0.729. The van der Waals surface area contributed by atoms with Gasteiger partial charge in [0.25, 0.3) is 0 Å². The van der Waals surface area contributed by atoms with E-state index in [1.165, 1.54) is 19.1 Å². The summed E-state index contributed by atoms with van der Waals surface area (Å²) >= 11 is 0. The summed E-state index contributed by atoms with van der Waals surface area (Å²) in [5, 5.41) is 2.45. The van der Waals surface area contributed by atoms with Gasteiger partial charge in [-0.3, -0.25) is 4.79 Å². The van der Waals surface area contributed by atoms with Crippen LogP contribution >= 0.6 is 0 Å². The van der Waals surface area contributed by atoms with Crippen molar-refractivity contribution in [3.8, 4) is 0 Å². The number of nitrogens with one attached hydrogen (secondary N) is 2. The van der Waals surface area contributed by atoms with Gasteiger partial charge in [0.15, 0.2) is 0 Å². The van der Waals surface area contributed by atoms with E-state index >= 15 is 0 Å². The molecule has 0 spiro atoms. The molecule has 7 heteroatoms. The lowest BCUT2D eigenvalue weighted by Crippen LogP contribution is -2.33. The maximum atomic E-state index is 12.6. The highest BCUT2D eigenvalue weighted by atomic mass is 32.2. The highest BCUT2D eigenvalue weighted by molar-refractivity contribution is 7.89. The molecule has 17 heavy (non-hydrogen) atoms. The fraction of sp³-hybridized carbons (Fsp3) is 0.300. The smallest absolute Gasteiger partial charge is 0.240 e. The minimum absolute atomic E-state index is 0.0123. The highest BCUT2D eigenvalue weighted by Gasteiger charge is 2.12. The summed E-state index contributed by atoms with van der Waals surface area (Å²) in [6.45, 7) is 1.63. The van der Waals surface area contributed by atoms with Crippen LogP contribution in [-0.2, 0) is 14.8 Å². The van der Waals surface area contributed by atoms with Crippen LogP contribution in [0.4, 0.5) is 4.39 Å². The van der Waals surface area contributed by atoms with E-state index in [4.69, 9.17) is 0 Å². The summed E-state index contributed by atoms with van der Waals surface area (Å²) < 4.78 is 38.2. The van der Waals surface area contributed by atoms with Gasteiger partial charge in [-0.15, -0.1) is 0 Å². The molecule has 5 nitrogen and oxygen atoms in total. The van der Waals surface area contributed by atoms with E-state index in [0.29, 0.717) is 0 Å². The molecule has 1 aromatic rings. The van der Waals surface area contributed by atoms with Crippen molar-refractivity contribution in [3.63, 3.8) is 0 Å². The lowest BCUT2D eigenvalue weighted by Gasteiger charge is -2.06. The van der Waals surface area contributed by atoms with Crippen molar-refractivity contribution in [2.75, 3.05) is 13.1 Å². The largest absolute Gasteiger partial charge is 0.355 e. The molecule has 1 rings (SSSR count). The maximum absolute atomic E-state index is 12.6. The van der Waals surface area contributed by atoms with Crippen LogP contribution in [0.1, 0.15) is 6.92 Å². The van der Waals surface area contributed by atoms with Crippen molar-refractivity contribution in [3.05, 3.63) is 30.1 Å². The summed E-state index contributed by atoms with van der Waals surface area (Å²) in [7, 11) is -3.64. The molecule has 0 aromatic heterocycles. The first-order valence-corrected chi connectivity index (χ1v) is 6.40. The summed E-state index contributed by atoms with van der Waals surface area (Å²) in [6.07, 6.45) is 0. The predicted octanol–water partition coefficient (Wildman–Crippen LogP) is 0.240. The van der Waals surface area contributed by atoms with Gasteiger partial charge < -0.3 is 5.32 Å². The molecule has 1 aromatic carbocycles. The molecule has 1 amide bonds. The Labute approximate surface area is 99.1 Å². The fourth-order valence-electron chi connectivity index (χ4n) is 1.12. The third-order valence-electron chi connectivity index (χ3n) is 1.91. The van der Waals surface area contributed by atoms with Gasteiger partial charge in [0.05, 0.1) is 4.90 Å². The second kappa shape index (κ2) is 5.74. The number of rotatable bonds is 5. The van der Waals surface area contributed by atoms with Crippen LogP contribution in [0, 0.1) is 5.82 Å². The van der Waals surface area contributed by atoms with Gasteiger partial charge in [0.1, 0.15) is 5.82 Å². The quantitative estimate of drug-likeness (QED) is 0.745. The average Bonchev–Trinajstić information content (AvgIpc) is 2.25. The first-order valence-electron chi connectivity index (χ1n) is 4.91. The van der Waals surface area contributed by atoms with Gasteiger partial charge in [-0.1, -0.05) is 0 Å². The number of hydrogen-bond donors (Lipinski definition) is 2. The summed E-state index contributed by atoms with van der Waals surface area (Å²) in [4.78, 5) is 10.5. The number of benzene rings is 1. The third-order valence-corrected chi connectivity index (χ3v) is 3.39. The zero-order valence-corrected chi connectivity index (χ0v) is 10.1. The second-order valence-corrected chi connectivity index (χ2v) is 5.10. The molecule has 0 radical (unpaired) electrons. The standard InChI is InChI=1S/C10H13FN2O3S/c1-8(14)12-6-7-13-17(15,16)10-4-2-9(11)3-5-10/h2-5,13H,6-7H2,1H3,(H,12,14). The molecule has 0 unspecified atom stereocenters. The van der Waals surface area contributed by atoms with Crippen LogP contribution in [0.5, 0.6) is 0 Å². The molecule has 0 fully saturated rings. The molecular weight excluding hydrogens is 247 g/mol. The van der Waals surface area contributed by atoms with Crippen molar-refractivity contribution in [2.45, 2.75) is 11.8 Å². The van der Waals surface area contributed by atoms with Gasteiger partial charge in [-0.25, -0.2) is 17.5 Å². The Bertz CT molecular complexity index is 485. The lowest BCUT2D eigenvalue weighted by atomic mass is 10.4. The molecule has 0 aliphatic carbocycles. The maximum Gasteiger partial charge on any atom is 0.240 e. The van der Waals surface area contributed by atoms with Gasteiger partial charge in [-0.05, 0) is 24.3 Å². The Hall–Kier alpha value is -1.47. The Morgan fingerprint density at radius 1 is 1.24 bits per heavy atom. The molecule has 2 N–H and O–H groups in total. The van der Waals surface area contributed by atoms with Crippen molar-refractivity contribution in [2.24, 2.45) is 0 Å². The number of carbonyl (C=O) groups is 1. The van der Waals surface area contributed by atoms with E-state index in [0.717, 1.165) is 12.1 Å². The zero-order valence-electron chi connectivity index (χ0n) is 9.23. The van der Waals surface area contributed by atoms with Crippen molar-refractivity contribution >= 4 is 15.9 Å². The summed E-state index contributed by atoms with van der Waals surface area (Å²) in [5.41, 5.74) is 0. The lowest BCUT2D eigenvalue weighted by molar-refractivity contribution is -0.118. The molecule has 0 bridgehead atoms. The molecule has 0 aliphatic rings. The Morgan fingerprint density at radius 3 is 2.35 bits per heavy atom. The zero-order chi connectivity index (χ0) is 12.9. The van der Waals surface area contributed by atoms with E-state index in [9.17, 15) is 17.6 Å². The number of hydrogen-bond acceptors (Lipinski definition) is 3. The minimum atomic E-state index is -3.64. The molecule has 0 aliphatic heterocycles. The van der Waals surface area contributed by atoms with Crippen LogP contribution in [-0.4, -0.2) is 27.4 Å². The predicted molar refractivity (Wildman–Crippen MR) is 60.3 cm³/mol. The molecule has 0 saturated carbocycles. The van der Waals surface area contributed by atoms with Gasteiger partial charge in [0, 0.05) is 20.0 Å². The molecule has 0 heterocycles. The van der Waals surface area contributed by atoms with E-state index in [1.54, 1.807) is 0 Å². The molecular formula is C10H13FN2O3S. The van der Waals surface area contributed by atoms with E-state index < -0.39 is 15.8 Å². The number of carbonyl (C=O) groups excluding carboxylic acids is 1. The topological polar surface area (TPSA) is 75.3 Å². The van der Waals surface area contributed by atoms with E-state index in [-0.39, 0.29) is 23.9 Å². The van der Waals surface area contributed by atoms with E-state index in [2.05, 4.69) is 10.0 Å². The Balaban J connectivity index is 2.57. The van der Waals surface area contributed by atoms with Gasteiger partial charge >= 0.3 is 0 Å². The van der Waals surface area contributed by atoms with Crippen LogP contribution in [0.15, 0.2) is 29.2 Å². The van der Waals surface area contributed by atoms with Crippen LogP contribution in [0.25, 0.3) is 0 Å². The fourth-order valence-corrected chi connectivity index (χ4v) is 2.15. The van der Waals surface area contributed by atoms with Crippen molar-refractivity contribution in [1.29, 1.82) is 0 Å². The van der Waals surface area contributed by atoms with E-state index in [1.807, 2.05) is 0 Å². The van der Waals surface area contributed by atoms with Crippen LogP contribution < -0.4 is 10.0 Å². The second-order valence-electron chi connectivity index (χ2n) is 3.33. The normalized spacial score (nSPS) is 11.2. The highest BCUT2D eigenvalue weighted by Crippen LogP contribution is 2.08. The summed E-state index contributed by atoms with van der Waals surface area (Å²) in [6, 6.07) is 4.50. The number of amides is 1. The molecule has 0 atom stereocenters. The molecule has 0 saturated heterocycles. The first kappa shape index (κ1) is 13.6. The Morgan fingerprint density at radius 2 is 1.82 bits per heavy atom. The van der Waals surface area contributed by atoms with Crippen molar-refractivity contribution in [1.82, 2.24) is 10.0 Å². The van der Waals surface area contributed by atoms with Gasteiger partial charge in [0.2, 0.25) is 15.9 Å². The Kier molecular flexibility index (Phi) is 4.59. The average molecular weight is 260 g/mol. The molecule has 94 valence electrons. The SMILES string of the molecule is CC(=O)NCCNS(=O)(=O)c1ccc(F)cc1. The third kappa shape index (κ3) is 4.49. The number of sulfonamides is 1. The van der Waals surface area contributed by atoms with Crippen LogP contribution in [0.2, 0.25) is 0 Å². The first-order chi connectivity index (χ1) is 7.92. The number of halogens is 1.